The molecule has 0 bridgehead atoms. The zero-order chi connectivity index (χ0) is 17.1. The fourth-order valence-corrected chi connectivity index (χ4v) is 5.03. The molecule has 2 heterocycles. The van der Waals surface area contributed by atoms with E-state index in [-0.39, 0.29) is 11.9 Å². The Hall–Kier alpha value is -2.04. The topological polar surface area (TPSA) is 20.3 Å². The molecule has 0 saturated heterocycles. The summed E-state index contributed by atoms with van der Waals surface area (Å²) >= 11 is 3.42. The van der Waals surface area contributed by atoms with E-state index in [1.54, 1.807) is 23.1 Å². The highest BCUT2D eigenvalue weighted by Crippen LogP contribution is 2.38. The minimum Gasteiger partial charge on any atom is -0.330 e. The fourth-order valence-electron chi connectivity index (χ4n) is 3.32. The van der Waals surface area contributed by atoms with Crippen LogP contribution in [-0.2, 0) is 11.2 Å². The first kappa shape index (κ1) is 16.4. The fraction of sp³-hybridized carbons (Fsp3) is 0.190. The van der Waals surface area contributed by atoms with Crippen LogP contribution < -0.4 is 0 Å². The standard InChI is InChI=1S/C21H19NOS2/c23-20(15-25-17-9-5-2-6-10-17)22-13-11-19-18(12-14-24-19)21(22)16-7-3-1-4-8-16/h1-10,12,14,21H,11,13,15H2. The SMILES string of the molecule is O=C(CSc1ccccc1)N1CCc2sccc2C1c1ccccc1. The number of rotatable bonds is 4. The summed E-state index contributed by atoms with van der Waals surface area (Å²) in [5.74, 6) is 0.687. The number of hydrogen-bond acceptors (Lipinski definition) is 3. The molecule has 0 radical (unpaired) electrons. The number of hydrogen-bond donors (Lipinski definition) is 0. The summed E-state index contributed by atoms with van der Waals surface area (Å²) in [7, 11) is 0. The minimum atomic E-state index is 0.0417. The van der Waals surface area contributed by atoms with Gasteiger partial charge in [-0.15, -0.1) is 23.1 Å². The smallest absolute Gasteiger partial charge is 0.233 e. The number of thioether (sulfide) groups is 1. The number of amides is 1. The molecular formula is C21H19NOS2. The van der Waals surface area contributed by atoms with E-state index in [9.17, 15) is 4.79 Å². The summed E-state index contributed by atoms with van der Waals surface area (Å²) < 4.78 is 0. The highest BCUT2D eigenvalue weighted by molar-refractivity contribution is 8.00. The van der Waals surface area contributed by atoms with E-state index in [0.717, 1.165) is 17.9 Å². The lowest BCUT2D eigenvalue weighted by Gasteiger charge is -2.36. The zero-order valence-corrected chi connectivity index (χ0v) is 15.4. The second-order valence-electron chi connectivity index (χ2n) is 6.05. The molecule has 1 aliphatic heterocycles. The van der Waals surface area contributed by atoms with Crippen LogP contribution in [0.4, 0.5) is 0 Å². The van der Waals surface area contributed by atoms with Crippen molar-refractivity contribution in [1.29, 1.82) is 0 Å². The van der Waals surface area contributed by atoms with Gasteiger partial charge in [-0.2, -0.15) is 0 Å². The van der Waals surface area contributed by atoms with Gasteiger partial charge in [0.25, 0.3) is 0 Å². The molecule has 1 aliphatic rings. The lowest BCUT2D eigenvalue weighted by Crippen LogP contribution is -2.41. The molecule has 0 fully saturated rings. The van der Waals surface area contributed by atoms with Crippen LogP contribution in [-0.4, -0.2) is 23.1 Å². The number of thiophene rings is 1. The third-order valence-electron chi connectivity index (χ3n) is 4.51. The van der Waals surface area contributed by atoms with Crippen molar-refractivity contribution in [1.82, 2.24) is 4.90 Å². The van der Waals surface area contributed by atoms with E-state index in [1.165, 1.54) is 16.0 Å². The van der Waals surface area contributed by atoms with Crippen LogP contribution in [0.1, 0.15) is 22.0 Å². The largest absolute Gasteiger partial charge is 0.330 e. The molecular weight excluding hydrogens is 346 g/mol. The number of fused-ring (bicyclic) bond motifs is 1. The molecule has 0 spiro atoms. The van der Waals surface area contributed by atoms with Crippen molar-refractivity contribution < 1.29 is 4.79 Å². The maximum atomic E-state index is 13.0. The van der Waals surface area contributed by atoms with E-state index in [0.29, 0.717) is 5.75 Å². The van der Waals surface area contributed by atoms with Gasteiger partial charge in [0.15, 0.2) is 0 Å². The first-order valence-corrected chi connectivity index (χ1v) is 10.3. The van der Waals surface area contributed by atoms with Gasteiger partial charge < -0.3 is 4.90 Å². The number of benzene rings is 2. The third-order valence-corrected chi connectivity index (χ3v) is 6.50. The van der Waals surface area contributed by atoms with E-state index >= 15 is 0 Å². The van der Waals surface area contributed by atoms with Gasteiger partial charge in [-0.3, -0.25) is 4.79 Å². The van der Waals surface area contributed by atoms with E-state index in [4.69, 9.17) is 0 Å². The molecule has 3 aromatic rings. The van der Waals surface area contributed by atoms with Gasteiger partial charge in [-0.05, 0) is 41.1 Å². The first-order valence-electron chi connectivity index (χ1n) is 8.41. The molecule has 1 aromatic heterocycles. The van der Waals surface area contributed by atoms with Crippen molar-refractivity contribution in [3.8, 4) is 0 Å². The average Bonchev–Trinajstić information content (AvgIpc) is 3.15. The molecule has 1 amide bonds. The molecule has 2 aromatic carbocycles. The molecule has 1 atom stereocenters. The summed E-state index contributed by atoms with van der Waals surface area (Å²) in [5.41, 5.74) is 2.49. The summed E-state index contributed by atoms with van der Waals surface area (Å²) in [4.78, 5) is 17.6. The van der Waals surface area contributed by atoms with Crippen molar-refractivity contribution in [2.75, 3.05) is 12.3 Å². The Morgan fingerprint density at radius 1 is 1.04 bits per heavy atom. The van der Waals surface area contributed by atoms with Crippen LogP contribution in [0.15, 0.2) is 77.0 Å². The predicted molar refractivity (Wildman–Crippen MR) is 105 cm³/mol. The van der Waals surface area contributed by atoms with Crippen LogP contribution in [0.2, 0.25) is 0 Å². The Morgan fingerprint density at radius 3 is 2.52 bits per heavy atom. The van der Waals surface area contributed by atoms with Crippen molar-refractivity contribution >= 4 is 29.0 Å². The summed E-state index contributed by atoms with van der Waals surface area (Å²) in [6.45, 7) is 0.793. The molecule has 4 heteroatoms. The second-order valence-corrected chi connectivity index (χ2v) is 8.10. The number of carbonyl (C=O) groups excluding carboxylic acids is 1. The van der Waals surface area contributed by atoms with Gasteiger partial charge in [0.05, 0.1) is 11.8 Å². The maximum Gasteiger partial charge on any atom is 0.233 e. The Kier molecular flexibility index (Phi) is 4.90. The van der Waals surface area contributed by atoms with Crippen LogP contribution in [0.25, 0.3) is 0 Å². The Balaban J connectivity index is 1.58. The van der Waals surface area contributed by atoms with Crippen molar-refractivity contribution in [2.24, 2.45) is 0 Å². The van der Waals surface area contributed by atoms with Crippen LogP contribution in [0, 0.1) is 0 Å². The quantitative estimate of drug-likeness (QED) is 0.606. The summed E-state index contributed by atoms with van der Waals surface area (Å²) in [6.07, 6.45) is 0.956. The molecule has 0 aliphatic carbocycles. The van der Waals surface area contributed by atoms with Crippen molar-refractivity contribution in [2.45, 2.75) is 17.4 Å². The Bertz CT molecular complexity index is 845. The van der Waals surface area contributed by atoms with Gasteiger partial charge in [0, 0.05) is 16.3 Å². The summed E-state index contributed by atoms with van der Waals surface area (Å²) in [5, 5.41) is 2.15. The number of carbonyl (C=O) groups is 1. The molecule has 0 saturated carbocycles. The second kappa shape index (κ2) is 7.46. The highest BCUT2D eigenvalue weighted by Gasteiger charge is 2.32. The first-order chi connectivity index (χ1) is 12.3. The lowest BCUT2D eigenvalue weighted by atomic mass is 9.93. The minimum absolute atomic E-state index is 0.0417. The lowest BCUT2D eigenvalue weighted by molar-refractivity contribution is -0.130. The predicted octanol–water partition coefficient (Wildman–Crippen LogP) is 5.01. The van der Waals surface area contributed by atoms with Crippen LogP contribution >= 0.6 is 23.1 Å². The van der Waals surface area contributed by atoms with Gasteiger partial charge in [-0.25, -0.2) is 0 Å². The van der Waals surface area contributed by atoms with Crippen molar-refractivity contribution in [3.05, 3.63) is 88.1 Å². The van der Waals surface area contributed by atoms with Crippen LogP contribution in [0.3, 0.4) is 0 Å². The maximum absolute atomic E-state index is 13.0. The van der Waals surface area contributed by atoms with Gasteiger partial charge in [0.1, 0.15) is 0 Å². The molecule has 0 N–H and O–H groups in total. The van der Waals surface area contributed by atoms with Crippen LogP contribution in [0.5, 0.6) is 0 Å². The molecule has 25 heavy (non-hydrogen) atoms. The number of nitrogens with zero attached hydrogens (tertiary/aromatic N) is 1. The van der Waals surface area contributed by atoms with Crippen molar-refractivity contribution in [3.63, 3.8) is 0 Å². The van der Waals surface area contributed by atoms with E-state index in [2.05, 4.69) is 52.7 Å². The molecule has 2 nitrogen and oxygen atoms in total. The normalized spacial score (nSPS) is 16.5. The van der Waals surface area contributed by atoms with Gasteiger partial charge >= 0.3 is 0 Å². The monoisotopic (exact) mass is 365 g/mol. The molecule has 1 unspecified atom stereocenters. The van der Waals surface area contributed by atoms with Gasteiger partial charge in [-0.1, -0.05) is 48.5 Å². The zero-order valence-electron chi connectivity index (χ0n) is 13.8. The summed E-state index contributed by atoms with van der Waals surface area (Å²) in [6, 6.07) is 22.7. The Labute approximate surface area is 156 Å². The third kappa shape index (κ3) is 3.51. The highest BCUT2D eigenvalue weighted by atomic mass is 32.2. The Morgan fingerprint density at radius 2 is 1.76 bits per heavy atom. The van der Waals surface area contributed by atoms with E-state index in [1.807, 2.05) is 24.3 Å². The average molecular weight is 366 g/mol. The molecule has 4 rings (SSSR count). The molecule has 126 valence electrons. The van der Waals surface area contributed by atoms with Gasteiger partial charge in [0.2, 0.25) is 5.91 Å². The van der Waals surface area contributed by atoms with E-state index < -0.39 is 0 Å².